The van der Waals surface area contributed by atoms with Crippen molar-refractivity contribution >= 4 is 17.2 Å². The fourth-order valence-corrected chi connectivity index (χ4v) is 11.3. The van der Waals surface area contributed by atoms with Gasteiger partial charge in [-0.3, -0.25) is 4.79 Å². The standard InChI is InChI=1S/C32H49N3OS/c1-8-19(2)29-33-20(3)28(37-29)30(36)35(7)23-13-15-31(5)22(17-23)9-10-24-26(31)14-16-32-18-34(6)21(4)25(32)11-12-27(24)32/h9,19,21,23-27H,8,10-18H2,1-7H3/t19?,21-,23-,24+,25+,26?,27-,31-,32-/m0/s1. The number of rotatable bonds is 4. The Morgan fingerprint density at radius 1 is 1.22 bits per heavy atom. The number of nitrogens with zero attached hydrogens (tertiary/aromatic N) is 3. The number of allylic oxidation sites excluding steroid dienone is 1. The number of amides is 1. The van der Waals surface area contributed by atoms with E-state index < -0.39 is 0 Å². The molecule has 2 heterocycles. The molecule has 0 bridgehead atoms. The zero-order valence-electron chi connectivity index (χ0n) is 24.3. The van der Waals surface area contributed by atoms with Gasteiger partial charge in [-0.1, -0.05) is 32.4 Å². The number of thiazole rings is 1. The van der Waals surface area contributed by atoms with E-state index in [1.54, 1.807) is 16.9 Å². The van der Waals surface area contributed by atoms with Crippen LogP contribution < -0.4 is 0 Å². The van der Waals surface area contributed by atoms with Gasteiger partial charge in [-0.15, -0.1) is 11.3 Å². The van der Waals surface area contributed by atoms with E-state index in [9.17, 15) is 4.79 Å². The van der Waals surface area contributed by atoms with Gasteiger partial charge in [-0.25, -0.2) is 4.98 Å². The summed E-state index contributed by atoms with van der Waals surface area (Å²) >= 11 is 1.63. The summed E-state index contributed by atoms with van der Waals surface area (Å²) in [6, 6.07) is 1.07. The highest BCUT2D eigenvalue weighted by Gasteiger charge is 2.64. The number of hydrogen-bond donors (Lipinski definition) is 0. The molecule has 1 saturated heterocycles. The summed E-state index contributed by atoms with van der Waals surface area (Å²) in [5, 5.41) is 1.11. The molecule has 204 valence electrons. The Kier molecular flexibility index (Phi) is 6.46. The molecule has 4 fully saturated rings. The fourth-order valence-electron chi connectivity index (χ4n) is 10.1. The van der Waals surface area contributed by atoms with Crippen molar-refractivity contribution in [3.8, 4) is 0 Å². The maximum atomic E-state index is 13.6. The van der Waals surface area contributed by atoms with E-state index in [4.69, 9.17) is 4.98 Å². The van der Waals surface area contributed by atoms with Crippen LogP contribution in [0.15, 0.2) is 11.6 Å². The van der Waals surface area contributed by atoms with E-state index >= 15 is 0 Å². The Bertz CT molecular complexity index is 1090. The molecule has 37 heavy (non-hydrogen) atoms. The van der Waals surface area contributed by atoms with E-state index in [0.29, 0.717) is 22.8 Å². The Morgan fingerprint density at radius 2 is 1.97 bits per heavy atom. The maximum Gasteiger partial charge on any atom is 0.265 e. The highest BCUT2D eigenvalue weighted by atomic mass is 32.1. The molecular weight excluding hydrogens is 474 g/mol. The van der Waals surface area contributed by atoms with Crippen molar-refractivity contribution in [1.29, 1.82) is 0 Å². The molecule has 1 aliphatic heterocycles. The third-order valence-electron chi connectivity index (χ3n) is 12.6. The van der Waals surface area contributed by atoms with E-state index in [1.807, 2.05) is 14.0 Å². The number of aromatic nitrogens is 1. The van der Waals surface area contributed by atoms with Crippen molar-refractivity contribution in [1.82, 2.24) is 14.8 Å². The minimum absolute atomic E-state index is 0.184. The summed E-state index contributed by atoms with van der Waals surface area (Å²) in [7, 11) is 4.42. The molecular formula is C32H49N3OS. The maximum absolute atomic E-state index is 13.6. The molecule has 1 aromatic heterocycles. The lowest BCUT2D eigenvalue weighted by molar-refractivity contribution is -0.0430. The van der Waals surface area contributed by atoms with Gasteiger partial charge in [0.15, 0.2) is 0 Å². The van der Waals surface area contributed by atoms with Crippen molar-refractivity contribution < 1.29 is 4.79 Å². The molecule has 0 N–H and O–H groups in total. The lowest BCUT2D eigenvalue weighted by atomic mass is 9.47. The van der Waals surface area contributed by atoms with Crippen LogP contribution in [0, 0.1) is 41.4 Å². The first-order valence-corrected chi connectivity index (χ1v) is 16.1. The number of fused-ring (bicyclic) bond motifs is 4. The first-order valence-electron chi connectivity index (χ1n) is 15.2. The number of likely N-dealkylation sites (tertiary alicyclic amines) is 1. The highest BCUT2D eigenvalue weighted by molar-refractivity contribution is 7.13. The number of hydrogen-bond acceptors (Lipinski definition) is 4. The van der Waals surface area contributed by atoms with Gasteiger partial charge < -0.3 is 9.80 Å². The summed E-state index contributed by atoms with van der Waals surface area (Å²) in [6.07, 6.45) is 14.2. The lowest BCUT2D eigenvalue weighted by Gasteiger charge is -2.58. The van der Waals surface area contributed by atoms with Crippen LogP contribution in [0.3, 0.4) is 0 Å². The molecule has 9 atom stereocenters. The van der Waals surface area contributed by atoms with E-state index in [0.717, 1.165) is 64.6 Å². The van der Waals surface area contributed by atoms with Crippen LogP contribution in [0.2, 0.25) is 0 Å². The van der Waals surface area contributed by atoms with Crippen LogP contribution in [-0.4, -0.2) is 53.4 Å². The summed E-state index contributed by atoms with van der Waals surface area (Å²) in [5.41, 5.74) is 3.52. The molecule has 5 heteroatoms. The van der Waals surface area contributed by atoms with E-state index in [1.165, 1.54) is 45.1 Å². The van der Waals surface area contributed by atoms with Crippen molar-refractivity contribution in [2.24, 2.45) is 34.5 Å². The first-order chi connectivity index (χ1) is 17.6. The Morgan fingerprint density at radius 3 is 2.73 bits per heavy atom. The van der Waals surface area contributed by atoms with Crippen LogP contribution in [0.1, 0.15) is 112 Å². The van der Waals surface area contributed by atoms with Gasteiger partial charge in [0.05, 0.1) is 10.7 Å². The smallest absolute Gasteiger partial charge is 0.265 e. The number of aryl methyl sites for hydroxylation is 1. The van der Waals surface area contributed by atoms with Gasteiger partial charge in [0.2, 0.25) is 0 Å². The van der Waals surface area contributed by atoms with Gasteiger partial charge in [-0.2, -0.15) is 0 Å². The van der Waals surface area contributed by atoms with Crippen LogP contribution in [-0.2, 0) is 0 Å². The van der Waals surface area contributed by atoms with Gasteiger partial charge in [0.1, 0.15) is 4.88 Å². The average Bonchev–Trinajstić information content (AvgIpc) is 3.53. The normalized spacial score (nSPS) is 41.9. The lowest BCUT2D eigenvalue weighted by Crippen LogP contribution is -2.53. The SMILES string of the molecule is CCC(C)c1nc(C)c(C(=O)N(C)[C@H]2CC[C@@]3(C)C(=CC[C@@H]4C3CC[C@]35CN(C)[C@@H](C)[C@H]3CC[C@@H]45)C2)s1. The van der Waals surface area contributed by atoms with Gasteiger partial charge in [0, 0.05) is 31.6 Å². The van der Waals surface area contributed by atoms with Crippen LogP contribution in [0.5, 0.6) is 0 Å². The molecule has 5 aliphatic rings. The molecule has 3 saturated carbocycles. The summed E-state index contributed by atoms with van der Waals surface area (Å²) in [6.45, 7) is 12.9. The number of carbonyl (C=O) groups excluding carboxylic acids is 1. The third-order valence-corrected chi connectivity index (χ3v) is 14.0. The largest absolute Gasteiger partial charge is 0.338 e. The first kappa shape index (κ1) is 26.0. The Hall–Kier alpha value is -1.20. The molecule has 4 nitrogen and oxygen atoms in total. The topological polar surface area (TPSA) is 36.4 Å². The zero-order valence-corrected chi connectivity index (χ0v) is 25.2. The van der Waals surface area contributed by atoms with Crippen molar-refractivity contribution in [2.75, 3.05) is 20.6 Å². The number of carbonyl (C=O) groups is 1. The van der Waals surface area contributed by atoms with Gasteiger partial charge >= 0.3 is 0 Å². The second kappa shape index (κ2) is 9.18. The second-order valence-corrected chi connectivity index (χ2v) is 15.0. The van der Waals surface area contributed by atoms with Crippen LogP contribution in [0.4, 0.5) is 0 Å². The highest BCUT2D eigenvalue weighted by Crippen LogP contribution is 2.68. The Labute approximate surface area is 229 Å². The van der Waals surface area contributed by atoms with Crippen LogP contribution in [0.25, 0.3) is 0 Å². The second-order valence-electron chi connectivity index (χ2n) is 14.0. The van der Waals surface area contributed by atoms with Gasteiger partial charge in [0.25, 0.3) is 5.91 Å². The van der Waals surface area contributed by atoms with Gasteiger partial charge in [-0.05, 0) is 113 Å². The minimum atomic E-state index is 0.184. The molecule has 6 rings (SSSR count). The molecule has 1 spiro atoms. The summed E-state index contributed by atoms with van der Waals surface area (Å²) in [5.74, 6) is 4.17. The quantitative estimate of drug-likeness (QED) is 0.389. The average molecular weight is 524 g/mol. The predicted molar refractivity (Wildman–Crippen MR) is 153 cm³/mol. The van der Waals surface area contributed by atoms with Crippen molar-refractivity contribution in [3.05, 3.63) is 27.2 Å². The predicted octanol–water partition coefficient (Wildman–Crippen LogP) is 7.30. The molecule has 1 amide bonds. The van der Waals surface area contributed by atoms with E-state index in [2.05, 4.69) is 50.6 Å². The summed E-state index contributed by atoms with van der Waals surface area (Å²) in [4.78, 5) is 24.0. The monoisotopic (exact) mass is 523 g/mol. The van der Waals surface area contributed by atoms with Crippen LogP contribution >= 0.6 is 11.3 Å². The minimum Gasteiger partial charge on any atom is -0.338 e. The third kappa shape index (κ3) is 3.76. The Balaban J connectivity index is 1.20. The van der Waals surface area contributed by atoms with Crippen molar-refractivity contribution in [2.45, 2.75) is 110 Å². The fraction of sp³-hybridized carbons (Fsp3) is 0.812. The molecule has 2 unspecified atom stereocenters. The summed E-state index contributed by atoms with van der Waals surface area (Å²) < 4.78 is 0. The van der Waals surface area contributed by atoms with E-state index in [-0.39, 0.29) is 5.91 Å². The molecule has 1 aromatic rings. The molecule has 0 aromatic carbocycles. The zero-order chi connectivity index (χ0) is 26.3. The molecule has 4 aliphatic carbocycles. The van der Waals surface area contributed by atoms with Crippen molar-refractivity contribution in [3.63, 3.8) is 0 Å². The molecule has 0 radical (unpaired) electrons.